The maximum atomic E-state index is 12.5. The summed E-state index contributed by atoms with van der Waals surface area (Å²) >= 11 is 6.17. The van der Waals surface area contributed by atoms with Crippen LogP contribution in [0.5, 0.6) is 0 Å². The topological polar surface area (TPSA) is 73.0 Å². The van der Waals surface area contributed by atoms with Gasteiger partial charge in [0.2, 0.25) is 0 Å². The zero-order valence-corrected chi connectivity index (χ0v) is 14.2. The summed E-state index contributed by atoms with van der Waals surface area (Å²) in [5.41, 5.74) is 2.45. The van der Waals surface area contributed by atoms with Gasteiger partial charge >= 0.3 is 0 Å². The molecule has 1 N–H and O–H groups in total. The number of halogens is 1. The Morgan fingerprint density at radius 3 is 2.81 bits per heavy atom. The molecule has 0 aliphatic heterocycles. The minimum absolute atomic E-state index is 0.287. The lowest BCUT2D eigenvalue weighted by molar-refractivity contribution is 0.102. The van der Waals surface area contributed by atoms with Crippen LogP contribution in [0.25, 0.3) is 17.0 Å². The van der Waals surface area contributed by atoms with E-state index in [0.717, 1.165) is 5.56 Å². The number of oxazole rings is 1. The third kappa shape index (κ3) is 3.22. The Bertz CT molecular complexity index is 1060. The Morgan fingerprint density at radius 2 is 2.00 bits per heavy atom. The quantitative estimate of drug-likeness (QED) is 0.581. The number of para-hydroxylation sites is 1. The van der Waals surface area contributed by atoms with Crippen LogP contribution in [0.4, 0.5) is 5.69 Å². The second kappa shape index (κ2) is 6.85. The van der Waals surface area contributed by atoms with Crippen LogP contribution >= 0.6 is 11.6 Å². The Labute approximate surface area is 154 Å². The van der Waals surface area contributed by atoms with Crippen molar-refractivity contribution in [1.82, 2.24) is 14.8 Å². The van der Waals surface area contributed by atoms with Gasteiger partial charge in [-0.3, -0.25) is 4.79 Å². The number of carbonyl (C=O) groups excluding carboxylic acids is 1. The molecule has 0 aliphatic carbocycles. The fraction of sp³-hybridized carbons (Fsp3) is 0. The van der Waals surface area contributed by atoms with E-state index < -0.39 is 0 Å². The van der Waals surface area contributed by atoms with Crippen LogP contribution in [0, 0.1) is 0 Å². The molecule has 0 saturated heterocycles. The van der Waals surface area contributed by atoms with Crippen LogP contribution in [-0.2, 0) is 0 Å². The second-order valence-electron chi connectivity index (χ2n) is 5.50. The second-order valence-corrected chi connectivity index (χ2v) is 5.90. The summed E-state index contributed by atoms with van der Waals surface area (Å²) in [6.45, 7) is 0. The molecule has 0 aliphatic rings. The van der Waals surface area contributed by atoms with Crippen molar-refractivity contribution in [3.8, 4) is 17.0 Å². The van der Waals surface area contributed by atoms with E-state index in [1.807, 2.05) is 36.4 Å². The molecule has 7 heteroatoms. The molecular formula is C19H13ClN4O2. The molecule has 1 amide bonds. The zero-order valence-electron chi connectivity index (χ0n) is 13.5. The van der Waals surface area contributed by atoms with Crippen LogP contribution in [0.3, 0.4) is 0 Å². The van der Waals surface area contributed by atoms with Gasteiger partial charge in [-0.15, -0.1) is 0 Å². The van der Waals surface area contributed by atoms with E-state index in [9.17, 15) is 4.79 Å². The van der Waals surface area contributed by atoms with E-state index in [-0.39, 0.29) is 11.6 Å². The number of nitrogens with zero attached hydrogens (tertiary/aromatic N) is 3. The summed E-state index contributed by atoms with van der Waals surface area (Å²) in [6.07, 6.45) is 4.68. The molecule has 4 aromatic rings. The highest BCUT2D eigenvalue weighted by Gasteiger charge is 2.12. The Hall–Kier alpha value is -3.38. The van der Waals surface area contributed by atoms with Crippen LogP contribution in [0.2, 0.25) is 5.02 Å². The number of nitrogens with one attached hydrogen (secondary N) is 1. The van der Waals surface area contributed by atoms with Crippen molar-refractivity contribution in [1.29, 1.82) is 0 Å². The molecule has 128 valence electrons. The molecule has 0 unspecified atom stereocenters. The molecule has 0 fully saturated rings. The van der Waals surface area contributed by atoms with Crippen LogP contribution in [-0.4, -0.2) is 20.7 Å². The number of anilines is 1. The van der Waals surface area contributed by atoms with Crippen molar-refractivity contribution < 1.29 is 9.21 Å². The third-order valence-electron chi connectivity index (χ3n) is 3.76. The van der Waals surface area contributed by atoms with Crippen molar-refractivity contribution in [2.45, 2.75) is 0 Å². The van der Waals surface area contributed by atoms with Crippen LogP contribution in [0.15, 0.2) is 77.8 Å². The minimum atomic E-state index is -0.314. The van der Waals surface area contributed by atoms with Crippen LogP contribution < -0.4 is 5.32 Å². The predicted molar refractivity (Wildman–Crippen MR) is 98.5 cm³/mol. The number of benzene rings is 2. The summed E-state index contributed by atoms with van der Waals surface area (Å²) in [6, 6.07) is 16.2. The number of hydrogen-bond acceptors (Lipinski definition) is 4. The molecule has 0 atom stereocenters. The first-order chi connectivity index (χ1) is 12.7. The average molecular weight is 365 g/mol. The molecule has 2 aromatic carbocycles. The number of amides is 1. The highest BCUT2D eigenvalue weighted by atomic mass is 35.5. The molecule has 2 heterocycles. The molecule has 0 radical (unpaired) electrons. The van der Waals surface area contributed by atoms with Crippen molar-refractivity contribution in [2.75, 3.05) is 5.32 Å². The van der Waals surface area contributed by atoms with Gasteiger partial charge in [0.1, 0.15) is 0 Å². The first kappa shape index (κ1) is 16.1. The molecule has 0 spiro atoms. The highest BCUT2D eigenvalue weighted by Crippen LogP contribution is 2.23. The maximum absolute atomic E-state index is 12.5. The van der Waals surface area contributed by atoms with Gasteiger partial charge in [0.05, 0.1) is 16.9 Å². The molecule has 0 bridgehead atoms. The van der Waals surface area contributed by atoms with Crippen molar-refractivity contribution >= 4 is 23.2 Å². The van der Waals surface area contributed by atoms with E-state index in [0.29, 0.717) is 22.2 Å². The lowest BCUT2D eigenvalue weighted by Crippen LogP contribution is -2.13. The van der Waals surface area contributed by atoms with Gasteiger partial charge in [-0.2, -0.15) is 5.10 Å². The van der Waals surface area contributed by atoms with E-state index in [1.165, 1.54) is 6.39 Å². The molecule has 4 rings (SSSR count). The summed E-state index contributed by atoms with van der Waals surface area (Å²) in [7, 11) is 0. The van der Waals surface area contributed by atoms with Gasteiger partial charge in [-0.05, 0) is 30.3 Å². The van der Waals surface area contributed by atoms with Gasteiger partial charge in [-0.25, -0.2) is 9.67 Å². The van der Waals surface area contributed by atoms with E-state index in [2.05, 4.69) is 15.4 Å². The van der Waals surface area contributed by atoms with Crippen LogP contribution in [0.1, 0.15) is 10.5 Å². The minimum Gasteiger partial charge on any atom is -0.444 e. The van der Waals surface area contributed by atoms with E-state index >= 15 is 0 Å². The summed E-state index contributed by atoms with van der Waals surface area (Å²) < 4.78 is 6.85. The number of rotatable bonds is 4. The average Bonchev–Trinajstić information content (AvgIpc) is 3.35. The normalized spacial score (nSPS) is 10.7. The van der Waals surface area contributed by atoms with Gasteiger partial charge < -0.3 is 9.73 Å². The summed E-state index contributed by atoms with van der Waals surface area (Å²) in [5.74, 6) is 0.314. The first-order valence-electron chi connectivity index (χ1n) is 7.81. The third-order valence-corrected chi connectivity index (χ3v) is 4.08. The first-order valence-corrected chi connectivity index (χ1v) is 8.19. The van der Waals surface area contributed by atoms with Gasteiger partial charge in [0, 0.05) is 17.4 Å². The predicted octanol–water partition coefficient (Wildman–Crippen LogP) is 4.43. The highest BCUT2D eigenvalue weighted by molar-refractivity contribution is 6.32. The summed E-state index contributed by atoms with van der Waals surface area (Å²) in [5, 5.41) is 7.69. The van der Waals surface area contributed by atoms with Gasteiger partial charge in [-0.1, -0.05) is 35.9 Å². The molecular weight excluding hydrogens is 352 g/mol. The molecule has 2 aromatic heterocycles. The van der Waals surface area contributed by atoms with Gasteiger partial charge in [0.25, 0.3) is 5.91 Å². The lowest BCUT2D eigenvalue weighted by atomic mass is 10.1. The smallest absolute Gasteiger partial charge is 0.276 e. The zero-order chi connectivity index (χ0) is 17.9. The van der Waals surface area contributed by atoms with E-state index in [1.54, 1.807) is 35.3 Å². The maximum Gasteiger partial charge on any atom is 0.276 e. The monoisotopic (exact) mass is 364 g/mol. The Kier molecular flexibility index (Phi) is 4.25. The largest absolute Gasteiger partial charge is 0.444 e. The van der Waals surface area contributed by atoms with Gasteiger partial charge in [0.15, 0.2) is 17.8 Å². The number of hydrogen-bond donors (Lipinski definition) is 1. The van der Waals surface area contributed by atoms with Crippen molar-refractivity contribution in [3.63, 3.8) is 0 Å². The lowest BCUT2D eigenvalue weighted by Gasteiger charge is -2.05. The molecule has 6 nitrogen and oxygen atoms in total. The van der Waals surface area contributed by atoms with Crippen molar-refractivity contribution in [2.24, 2.45) is 0 Å². The summed E-state index contributed by atoms with van der Waals surface area (Å²) in [4.78, 5) is 16.4. The van der Waals surface area contributed by atoms with E-state index in [4.69, 9.17) is 16.0 Å². The fourth-order valence-corrected chi connectivity index (χ4v) is 2.74. The Morgan fingerprint density at radius 1 is 1.12 bits per heavy atom. The molecule has 26 heavy (non-hydrogen) atoms. The number of carbonyl (C=O) groups is 1. The SMILES string of the molecule is O=C(Nc1cccc(-c2cnco2)c1)c1ccn(-c2ccccc2Cl)n1. The fourth-order valence-electron chi connectivity index (χ4n) is 2.52. The number of aromatic nitrogens is 3. The Balaban J connectivity index is 1.54. The standard InChI is InChI=1S/C19H13ClN4O2/c20-15-6-1-2-7-17(15)24-9-8-16(23-24)19(25)22-14-5-3-4-13(10-14)18-11-21-12-26-18/h1-12H,(H,22,25). The molecule has 0 saturated carbocycles. The van der Waals surface area contributed by atoms with Crippen molar-refractivity contribution in [3.05, 3.63) is 84.1 Å².